The van der Waals surface area contributed by atoms with Gasteiger partial charge in [-0.3, -0.25) is 4.79 Å². The van der Waals surface area contributed by atoms with Gasteiger partial charge in [0.2, 0.25) is 5.75 Å². The second-order valence-corrected chi connectivity index (χ2v) is 3.83. The van der Waals surface area contributed by atoms with Crippen molar-refractivity contribution in [3.05, 3.63) is 17.2 Å². The van der Waals surface area contributed by atoms with Crippen LogP contribution >= 0.6 is 0 Å². The van der Waals surface area contributed by atoms with Crippen molar-refractivity contribution < 1.29 is 19.0 Å². The number of methoxy groups -OCH3 is 3. The highest BCUT2D eigenvalue weighted by Gasteiger charge is 2.31. The average molecular weight is 237 g/mol. The quantitative estimate of drug-likeness (QED) is 0.795. The van der Waals surface area contributed by atoms with E-state index in [4.69, 9.17) is 14.2 Å². The van der Waals surface area contributed by atoms with Gasteiger partial charge in [0.15, 0.2) is 11.5 Å². The van der Waals surface area contributed by atoms with Crippen LogP contribution in [0.2, 0.25) is 0 Å². The number of benzene rings is 1. The van der Waals surface area contributed by atoms with Gasteiger partial charge in [-0.25, -0.2) is 0 Å². The van der Waals surface area contributed by atoms with E-state index < -0.39 is 0 Å². The van der Waals surface area contributed by atoms with Crippen LogP contribution in [-0.2, 0) is 6.54 Å². The van der Waals surface area contributed by atoms with Gasteiger partial charge in [0, 0.05) is 12.6 Å². The number of fused-ring (bicyclic) bond motifs is 1. The standard InChI is InChI=1S/C12H15NO4/c1-13-6-8-7(12(13)14)5-9(15-2)11(17-4)10(8)16-3/h5H,6H2,1-4H3. The Morgan fingerprint density at radius 3 is 2.29 bits per heavy atom. The molecule has 1 aliphatic heterocycles. The molecule has 0 radical (unpaired) electrons. The molecule has 92 valence electrons. The molecular weight excluding hydrogens is 222 g/mol. The van der Waals surface area contributed by atoms with Crippen molar-refractivity contribution in [1.82, 2.24) is 4.90 Å². The number of rotatable bonds is 3. The Morgan fingerprint density at radius 1 is 1.12 bits per heavy atom. The maximum Gasteiger partial charge on any atom is 0.254 e. The van der Waals surface area contributed by atoms with Gasteiger partial charge in [-0.05, 0) is 6.07 Å². The molecule has 1 aromatic rings. The topological polar surface area (TPSA) is 48.0 Å². The van der Waals surface area contributed by atoms with Gasteiger partial charge in [-0.15, -0.1) is 0 Å². The lowest BCUT2D eigenvalue weighted by molar-refractivity contribution is 0.0816. The Balaban J connectivity index is 2.68. The molecule has 0 bridgehead atoms. The van der Waals surface area contributed by atoms with Gasteiger partial charge >= 0.3 is 0 Å². The molecule has 0 unspecified atom stereocenters. The first-order valence-corrected chi connectivity index (χ1v) is 5.21. The third-order valence-corrected chi connectivity index (χ3v) is 2.91. The molecule has 5 heteroatoms. The van der Waals surface area contributed by atoms with Crippen molar-refractivity contribution in [2.75, 3.05) is 28.4 Å². The summed E-state index contributed by atoms with van der Waals surface area (Å²) in [6.07, 6.45) is 0. The number of nitrogens with zero attached hydrogens (tertiary/aromatic N) is 1. The molecule has 0 saturated heterocycles. The Kier molecular flexibility index (Phi) is 2.83. The smallest absolute Gasteiger partial charge is 0.254 e. The fourth-order valence-electron chi connectivity index (χ4n) is 2.08. The first-order chi connectivity index (χ1) is 8.13. The summed E-state index contributed by atoms with van der Waals surface area (Å²) in [5, 5.41) is 0. The second kappa shape index (κ2) is 4.16. The minimum Gasteiger partial charge on any atom is -0.493 e. The van der Waals surface area contributed by atoms with E-state index >= 15 is 0 Å². The molecule has 0 atom stereocenters. The fraction of sp³-hybridized carbons (Fsp3) is 0.417. The highest BCUT2D eigenvalue weighted by molar-refractivity contribution is 6.00. The van der Waals surface area contributed by atoms with Gasteiger partial charge < -0.3 is 19.1 Å². The predicted molar refractivity (Wildman–Crippen MR) is 61.9 cm³/mol. The third kappa shape index (κ3) is 1.58. The number of hydrogen-bond acceptors (Lipinski definition) is 4. The van der Waals surface area contributed by atoms with Crippen LogP contribution in [-0.4, -0.2) is 39.2 Å². The van der Waals surface area contributed by atoms with E-state index in [-0.39, 0.29) is 5.91 Å². The molecule has 0 aliphatic carbocycles. The molecule has 1 aromatic carbocycles. The molecule has 1 heterocycles. The lowest BCUT2D eigenvalue weighted by Crippen LogP contribution is -2.17. The van der Waals surface area contributed by atoms with E-state index in [1.807, 2.05) is 0 Å². The van der Waals surface area contributed by atoms with Gasteiger partial charge in [0.05, 0.1) is 33.4 Å². The van der Waals surface area contributed by atoms with Crippen molar-refractivity contribution in [2.24, 2.45) is 0 Å². The molecule has 1 aliphatic rings. The average Bonchev–Trinajstić information content (AvgIpc) is 2.63. The van der Waals surface area contributed by atoms with Crippen LogP contribution in [0.15, 0.2) is 6.07 Å². The molecule has 17 heavy (non-hydrogen) atoms. The minimum atomic E-state index is -0.0285. The summed E-state index contributed by atoms with van der Waals surface area (Å²) < 4.78 is 15.8. The lowest BCUT2D eigenvalue weighted by Gasteiger charge is -2.14. The molecule has 1 amide bonds. The van der Waals surface area contributed by atoms with Crippen molar-refractivity contribution in [2.45, 2.75) is 6.54 Å². The zero-order valence-corrected chi connectivity index (χ0v) is 10.4. The SMILES string of the molecule is COc1cc2c(c(OC)c1OC)CN(C)C2=O. The van der Waals surface area contributed by atoms with E-state index in [1.54, 1.807) is 32.2 Å². The van der Waals surface area contributed by atoms with Crippen molar-refractivity contribution in [3.8, 4) is 17.2 Å². The number of amides is 1. The third-order valence-electron chi connectivity index (χ3n) is 2.91. The monoisotopic (exact) mass is 237 g/mol. The zero-order valence-electron chi connectivity index (χ0n) is 10.4. The van der Waals surface area contributed by atoms with E-state index in [0.29, 0.717) is 29.4 Å². The van der Waals surface area contributed by atoms with E-state index in [9.17, 15) is 4.79 Å². The maximum atomic E-state index is 11.9. The van der Waals surface area contributed by atoms with E-state index in [1.165, 1.54) is 7.11 Å². The van der Waals surface area contributed by atoms with Gasteiger partial charge in [0.1, 0.15) is 0 Å². The largest absolute Gasteiger partial charge is 0.493 e. The number of ether oxygens (including phenoxy) is 3. The fourth-order valence-corrected chi connectivity index (χ4v) is 2.08. The van der Waals surface area contributed by atoms with Gasteiger partial charge in [-0.2, -0.15) is 0 Å². The molecule has 0 aromatic heterocycles. The summed E-state index contributed by atoms with van der Waals surface area (Å²) >= 11 is 0. The molecule has 0 spiro atoms. The Morgan fingerprint density at radius 2 is 1.76 bits per heavy atom. The van der Waals surface area contributed by atoms with Crippen LogP contribution in [0.25, 0.3) is 0 Å². The predicted octanol–water partition coefficient (Wildman–Crippen LogP) is 1.30. The van der Waals surface area contributed by atoms with Crippen LogP contribution in [0.1, 0.15) is 15.9 Å². The number of carbonyl (C=O) groups excluding carboxylic acids is 1. The Bertz CT molecular complexity index is 470. The highest BCUT2D eigenvalue weighted by Crippen LogP contribution is 2.44. The van der Waals surface area contributed by atoms with Crippen molar-refractivity contribution >= 4 is 5.91 Å². The second-order valence-electron chi connectivity index (χ2n) is 3.83. The van der Waals surface area contributed by atoms with E-state index in [2.05, 4.69) is 0 Å². The minimum absolute atomic E-state index is 0.0285. The van der Waals surface area contributed by atoms with Crippen LogP contribution in [0.3, 0.4) is 0 Å². The number of hydrogen-bond donors (Lipinski definition) is 0. The first-order valence-electron chi connectivity index (χ1n) is 5.21. The lowest BCUT2D eigenvalue weighted by atomic mass is 10.1. The molecule has 0 N–H and O–H groups in total. The highest BCUT2D eigenvalue weighted by atomic mass is 16.5. The van der Waals surface area contributed by atoms with Crippen LogP contribution in [0.4, 0.5) is 0 Å². The maximum absolute atomic E-state index is 11.9. The summed E-state index contributed by atoms with van der Waals surface area (Å²) in [4.78, 5) is 13.5. The Labute approximate surface area is 99.9 Å². The van der Waals surface area contributed by atoms with Crippen molar-refractivity contribution in [1.29, 1.82) is 0 Å². The number of carbonyl (C=O) groups is 1. The van der Waals surface area contributed by atoms with Crippen molar-refractivity contribution in [3.63, 3.8) is 0 Å². The summed E-state index contributed by atoms with van der Waals surface area (Å²) in [6.45, 7) is 0.525. The summed E-state index contributed by atoms with van der Waals surface area (Å²) in [7, 11) is 6.39. The molecule has 0 saturated carbocycles. The van der Waals surface area contributed by atoms with Crippen LogP contribution in [0, 0.1) is 0 Å². The molecule has 0 fully saturated rings. The zero-order chi connectivity index (χ0) is 12.6. The van der Waals surface area contributed by atoms with E-state index in [0.717, 1.165) is 5.56 Å². The van der Waals surface area contributed by atoms with Gasteiger partial charge in [-0.1, -0.05) is 0 Å². The molecular formula is C12H15NO4. The van der Waals surface area contributed by atoms with Crippen LogP contribution < -0.4 is 14.2 Å². The summed E-state index contributed by atoms with van der Waals surface area (Å²) in [5.74, 6) is 1.57. The summed E-state index contributed by atoms with van der Waals surface area (Å²) in [5.41, 5.74) is 1.46. The van der Waals surface area contributed by atoms with Gasteiger partial charge in [0.25, 0.3) is 5.91 Å². The Hall–Kier alpha value is -1.91. The molecule has 5 nitrogen and oxygen atoms in total. The first kappa shape index (κ1) is 11.6. The normalized spacial score (nSPS) is 13.6. The summed E-state index contributed by atoms with van der Waals surface area (Å²) in [6, 6.07) is 1.70. The molecule has 2 rings (SSSR count). The van der Waals surface area contributed by atoms with Crippen LogP contribution in [0.5, 0.6) is 17.2 Å².